The van der Waals surface area contributed by atoms with Crippen LogP contribution in [0.1, 0.15) is 62.6 Å². The van der Waals surface area contributed by atoms with Crippen LogP contribution in [0.2, 0.25) is 0 Å². The van der Waals surface area contributed by atoms with Crippen molar-refractivity contribution in [2.75, 3.05) is 6.61 Å². The maximum Gasteiger partial charge on any atom is 0.142 e. The molecule has 2 aromatic carbocycles. The van der Waals surface area contributed by atoms with Crippen LogP contribution in [-0.4, -0.2) is 6.61 Å². The van der Waals surface area contributed by atoms with E-state index in [1.807, 2.05) is 0 Å². The molecule has 0 bridgehead atoms. The van der Waals surface area contributed by atoms with Crippen LogP contribution in [0.5, 0.6) is 5.75 Å². The molecule has 0 amide bonds. The fourth-order valence-corrected chi connectivity index (χ4v) is 3.58. The summed E-state index contributed by atoms with van der Waals surface area (Å²) in [6, 6.07) is 8.74. The molecule has 0 fully saturated rings. The van der Waals surface area contributed by atoms with Crippen LogP contribution in [0.25, 0.3) is 21.9 Å². The summed E-state index contributed by atoms with van der Waals surface area (Å²) in [5, 5.41) is 2.41. The molecule has 0 N–H and O–H groups in total. The molecule has 1 heterocycles. The molecule has 0 atom stereocenters. The summed E-state index contributed by atoms with van der Waals surface area (Å²) in [6.07, 6.45) is 7.33. The third kappa shape index (κ3) is 3.53. The van der Waals surface area contributed by atoms with Crippen molar-refractivity contribution in [3.8, 4) is 5.75 Å². The van der Waals surface area contributed by atoms with Crippen molar-refractivity contribution in [3.63, 3.8) is 0 Å². The first-order valence-electron chi connectivity index (χ1n) is 9.74. The molecule has 0 saturated heterocycles. The average Bonchev–Trinajstić information content (AvgIpc) is 3.00. The zero-order chi connectivity index (χ0) is 17.8. The molecule has 0 saturated carbocycles. The molecule has 3 rings (SSSR count). The number of aryl methyl sites for hydroxylation is 3. The van der Waals surface area contributed by atoms with E-state index in [2.05, 4.69) is 52.0 Å². The molecule has 1 aromatic heterocycles. The highest BCUT2D eigenvalue weighted by atomic mass is 16.5. The molecule has 3 aromatic rings. The first kappa shape index (κ1) is 17.8. The minimum Gasteiger partial charge on any atom is -0.493 e. The van der Waals surface area contributed by atoms with E-state index in [0.29, 0.717) is 0 Å². The predicted octanol–water partition coefficient (Wildman–Crippen LogP) is 7.11. The van der Waals surface area contributed by atoms with Crippen molar-refractivity contribution < 1.29 is 9.15 Å². The summed E-state index contributed by atoms with van der Waals surface area (Å²) in [5.74, 6) is 0.936. The Morgan fingerprint density at radius 2 is 1.52 bits per heavy atom. The molecular formula is C23H30O2. The first-order valence-corrected chi connectivity index (χ1v) is 9.74. The molecule has 0 aliphatic carbocycles. The van der Waals surface area contributed by atoms with E-state index in [4.69, 9.17) is 9.15 Å². The van der Waals surface area contributed by atoms with Crippen molar-refractivity contribution in [3.05, 3.63) is 41.0 Å². The third-order valence-electron chi connectivity index (χ3n) is 5.13. The standard InChI is InChI=1S/C23H30O2/c1-5-7-8-9-10-18-11-12-19-20-13-14-21(24-15-6-2)17(4)23(20)25-22(19)16(18)3/h11-14H,5-10,15H2,1-4H3. The highest BCUT2D eigenvalue weighted by Gasteiger charge is 2.15. The van der Waals surface area contributed by atoms with Gasteiger partial charge in [0.25, 0.3) is 0 Å². The fraction of sp³-hybridized carbons (Fsp3) is 0.478. The first-order chi connectivity index (χ1) is 12.2. The van der Waals surface area contributed by atoms with Gasteiger partial charge in [0.2, 0.25) is 0 Å². The van der Waals surface area contributed by atoms with Crippen molar-refractivity contribution in [2.45, 2.75) is 66.2 Å². The summed E-state index contributed by atoms with van der Waals surface area (Å²) in [4.78, 5) is 0. The molecule has 2 nitrogen and oxygen atoms in total. The molecule has 0 radical (unpaired) electrons. The van der Waals surface area contributed by atoms with Gasteiger partial charge in [0.05, 0.1) is 6.61 Å². The van der Waals surface area contributed by atoms with E-state index in [1.54, 1.807) is 0 Å². The van der Waals surface area contributed by atoms with Crippen LogP contribution in [-0.2, 0) is 6.42 Å². The predicted molar refractivity (Wildman–Crippen MR) is 107 cm³/mol. The molecule has 0 aliphatic heterocycles. The van der Waals surface area contributed by atoms with Gasteiger partial charge in [-0.05, 0) is 56.4 Å². The van der Waals surface area contributed by atoms with Crippen molar-refractivity contribution >= 4 is 21.9 Å². The molecule has 25 heavy (non-hydrogen) atoms. The van der Waals surface area contributed by atoms with Gasteiger partial charge in [-0.1, -0.05) is 45.2 Å². The van der Waals surface area contributed by atoms with Crippen LogP contribution >= 0.6 is 0 Å². The zero-order valence-electron chi connectivity index (χ0n) is 16.1. The summed E-state index contributed by atoms with van der Waals surface area (Å²) in [7, 11) is 0. The Labute approximate surface area is 151 Å². The Kier molecular flexibility index (Phi) is 5.67. The maximum atomic E-state index is 6.32. The zero-order valence-corrected chi connectivity index (χ0v) is 16.1. The van der Waals surface area contributed by atoms with Gasteiger partial charge in [-0.2, -0.15) is 0 Å². The van der Waals surface area contributed by atoms with Crippen LogP contribution in [0.3, 0.4) is 0 Å². The lowest BCUT2D eigenvalue weighted by atomic mass is 9.99. The monoisotopic (exact) mass is 338 g/mol. The topological polar surface area (TPSA) is 22.4 Å². The number of furan rings is 1. The van der Waals surface area contributed by atoms with Crippen LogP contribution in [0.15, 0.2) is 28.7 Å². The van der Waals surface area contributed by atoms with Crippen LogP contribution in [0.4, 0.5) is 0 Å². The molecule has 2 heteroatoms. The molecular weight excluding hydrogens is 308 g/mol. The lowest BCUT2D eigenvalue weighted by Crippen LogP contribution is -1.96. The second kappa shape index (κ2) is 7.95. The van der Waals surface area contributed by atoms with Crippen LogP contribution < -0.4 is 4.74 Å². The van der Waals surface area contributed by atoms with Gasteiger partial charge in [0, 0.05) is 16.3 Å². The number of hydrogen-bond donors (Lipinski definition) is 0. The fourth-order valence-electron chi connectivity index (χ4n) is 3.58. The summed E-state index contributed by atoms with van der Waals surface area (Å²) in [6.45, 7) is 9.42. The molecule has 0 unspecified atom stereocenters. The van der Waals surface area contributed by atoms with Crippen molar-refractivity contribution in [1.82, 2.24) is 0 Å². The Bertz CT molecular complexity index is 858. The van der Waals surface area contributed by atoms with Crippen LogP contribution in [0, 0.1) is 13.8 Å². The summed E-state index contributed by atoms with van der Waals surface area (Å²) >= 11 is 0. The number of fused-ring (bicyclic) bond motifs is 3. The smallest absolute Gasteiger partial charge is 0.142 e. The largest absolute Gasteiger partial charge is 0.493 e. The lowest BCUT2D eigenvalue weighted by Gasteiger charge is -2.07. The second-order valence-corrected chi connectivity index (χ2v) is 7.05. The lowest BCUT2D eigenvalue weighted by molar-refractivity contribution is 0.315. The number of benzene rings is 2. The third-order valence-corrected chi connectivity index (χ3v) is 5.13. The number of ether oxygens (including phenoxy) is 1. The van der Waals surface area contributed by atoms with Crippen molar-refractivity contribution in [1.29, 1.82) is 0 Å². The van der Waals surface area contributed by atoms with Gasteiger partial charge in [0.15, 0.2) is 0 Å². The van der Waals surface area contributed by atoms with Crippen molar-refractivity contribution in [2.24, 2.45) is 0 Å². The van der Waals surface area contributed by atoms with E-state index in [9.17, 15) is 0 Å². The van der Waals surface area contributed by atoms with Gasteiger partial charge in [-0.3, -0.25) is 0 Å². The van der Waals surface area contributed by atoms with Gasteiger partial charge in [-0.25, -0.2) is 0 Å². The Hall–Kier alpha value is -1.96. The Morgan fingerprint density at radius 3 is 2.24 bits per heavy atom. The quantitative estimate of drug-likeness (QED) is 0.408. The highest BCUT2D eigenvalue weighted by Crippen LogP contribution is 2.37. The van der Waals surface area contributed by atoms with Gasteiger partial charge >= 0.3 is 0 Å². The minimum absolute atomic E-state index is 0.744. The highest BCUT2D eigenvalue weighted by molar-refractivity contribution is 6.07. The molecule has 134 valence electrons. The normalized spacial score (nSPS) is 11.5. The van der Waals surface area contributed by atoms with Gasteiger partial charge < -0.3 is 9.15 Å². The average molecular weight is 338 g/mol. The van der Waals surface area contributed by atoms with E-state index in [1.165, 1.54) is 47.6 Å². The van der Waals surface area contributed by atoms with E-state index >= 15 is 0 Å². The number of unbranched alkanes of at least 4 members (excludes halogenated alkanes) is 3. The second-order valence-electron chi connectivity index (χ2n) is 7.05. The molecule has 0 aliphatic rings. The van der Waals surface area contributed by atoms with Gasteiger partial charge in [0.1, 0.15) is 16.9 Å². The number of hydrogen-bond acceptors (Lipinski definition) is 2. The Morgan fingerprint density at radius 1 is 0.800 bits per heavy atom. The molecule has 0 spiro atoms. The summed E-state index contributed by atoms with van der Waals surface area (Å²) < 4.78 is 12.2. The minimum atomic E-state index is 0.744. The van der Waals surface area contributed by atoms with E-state index in [-0.39, 0.29) is 0 Å². The Balaban J connectivity index is 1.98. The van der Waals surface area contributed by atoms with E-state index < -0.39 is 0 Å². The number of rotatable bonds is 8. The van der Waals surface area contributed by atoms with E-state index in [0.717, 1.165) is 41.9 Å². The van der Waals surface area contributed by atoms with Gasteiger partial charge in [-0.15, -0.1) is 0 Å². The summed E-state index contributed by atoms with van der Waals surface area (Å²) in [5.41, 5.74) is 5.82. The SMILES string of the molecule is CCCCCCc1ccc2c(oc3c(C)c(OCCC)ccc32)c1C. The maximum absolute atomic E-state index is 6.32.